The standard InChI is InChI=1S/C13H16ClN3O/c1-2-17-6-5-16-13(17)8-12(18)10-4-3-9(14)7-11(10)15/h3-7,12,18H,2,8,15H2,1H3. The molecule has 0 saturated carbocycles. The Morgan fingerprint density at radius 1 is 1.50 bits per heavy atom. The fourth-order valence-electron chi connectivity index (χ4n) is 1.95. The molecular formula is C13H16ClN3O. The first kappa shape index (κ1) is 12.9. The highest BCUT2D eigenvalue weighted by Crippen LogP contribution is 2.26. The Balaban J connectivity index is 2.19. The lowest BCUT2D eigenvalue weighted by Gasteiger charge is -2.14. The van der Waals surface area contributed by atoms with Crippen LogP contribution in [0, 0.1) is 0 Å². The Morgan fingerprint density at radius 2 is 2.28 bits per heavy atom. The van der Waals surface area contributed by atoms with Gasteiger partial charge in [0.1, 0.15) is 5.82 Å². The normalized spacial score (nSPS) is 12.6. The number of nitrogens with two attached hydrogens (primary N) is 1. The fourth-order valence-corrected chi connectivity index (χ4v) is 2.13. The molecule has 5 heteroatoms. The second-order valence-electron chi connectivity index (χ2n) is 4.12. The number of aryl methyl sites for hydroxylation is 1. The molecule has 0 saturated heterocycles. The van der Waals surface area contributed by atoms with Crippen molar-refractivity contribution in [1.82, 2.24) is 9.55 Å². The van der Waals surface area contributed by atoms with Crippen molar-refractivity contribution in [2.45, 2.75) is 26.0 Å². The van der Waals surface area contributed by atoms with Crippen LogP contribution in [0.2, 0.25) is 5.02 Å². The third-order valence-electron chi connectivity index (χ3n) is 2.93. The summed E-state index contributed by atoms with van der Waals surface area (Å²) >= 11 is 5.83. The summed E-state index contributed by atoms with van der Waals surface area (Å²) in [6.07, 6.45) is 3.39. The van der Waals surface area contributed by atoms with Crippen molar-refractivity contribution in [2.24, 2.45) is 0 Å². The molecule has 1 atom stereocenters. The zero-order valence-electron chi connectivity index (χ0n) is 10.2. The smallest absolute Gasteiger partial charge is 0.111 e. The zero-order chi connectivity index (χ0) is 13.1. The SMILES string of the molecule is CCn1ccnc1CC(O)c1ccc(Cl)cc1N. The molecule has 2 rings (SSSR count). The molecule has 1 heterocycles. The van der Waals surface area contributed by atoms with Gasteiger partial charge in [-0.1, -0.05) is 17.7 Å². The number of hydrogen-bond acceptors (Lipinski definition) is 3. The first-order valence-corrected chi connectivity index (χ1v) is 6.22. The Morgan fingerprint density at radius 3 is 2.94 bits per heavy atom. The van der Waals surface area contributed by atoms with E-state index in [9.17, 15) is 5.11 Å². The second-order valence-corrected chi connectivity index (χ2v) is 4.56. The largest absolute Gasteiger partial charge is 0.398 e. The molecule has 1 unspecified atom stereocenters. The van der Waals surface area contributed by atoms with E-state index in [1.807, 2.05) is 17.7 Å². The molecule has 0 radical (unpaired) electrons. The van der Waals surface area contributed by atoms with E-state index < -0.39 is 6.10 Å². The van der Waals surface area contributed by atoms with Crippen LogP contribution >= 0.6 is 11.6 Å². The average molecular weight is 266 g/mol. The minimum Gasteiger partial charge on any atom is -0.398 e. The first-order chi connectivity index (χ1) is 8.61. The van der Waals surface area contributed by atoms with Gasteiger partial charge >= 0.3 is 0 Å². The molecule has 4 nitrogen and oxygen atoms in total. The number of halogens is 1. The predicted molar refractivity (Wildman–Crippen MR) is 72.4 cm³/mol. The van der Waals surface area contributed by atoms with Crippen LogP contribution in [0.15, 0.2) is 30.6 Å². The summed E-state index contributed by atoms with van der Waals surface area (Å²) in [6.45, 7) is 2.87. The third kappa shape index (κ3) is 2.66. The molecule has 2 aromatic rings. The zero-order valence-corrected chi connectivity index (χ0v) is 10.9. The van der Waals surface area contributed by atoms with Gasteiger partial charge < -0.3 is 15.4 Å². The molecule has 96 valence electrons. The molecule has 0 aliphatic carbocycles. The van der Waals surface area contributed by atoms with E-state index in [2.05, 4.69) is 4.98 Å². The van der Waals surface area contributed by atoms with Crippen molar-refractivity contribution >= 4 is 17.3 Å². The summed E-state index contributed by atoms with van der Waals surface area (Å²) in [5, 5.41) is 10.8. The van der Waals surface area contributed by atoms with Crippen LogP contribution in [0.4, 0.5) is 5.69 Å². The van der Waals surface area contributed by atoms with Crippen LogP contribution in [0.1, 0.15) is 24.4 Å². The number of aromatic nitrogens is 2. The number of nitrogens with zero attached hydrogens (tertiary/aromatic N) is 2. The van der Waals surface area contributed by atoms with Gasteiger partial charge in [0.05, 0.1) is 6.10 Å². The Labute approximate surface area is 111 Å². The maximum Gasteiger partial charge on any atom is 0.111 e. The van der Waals surface area contributed by atoms with Crippen LogP contribution in [0.25, 0.3) is 0 Å². The number of anilines is 1. The van der Waals surface area contributed by atoms with Crippen LogP contribution in [0.3, 0.4) is 0 Å². The van der Waals surface area contributed by atoms with Crippen LogP contribution < -0.4 is 5.73 Å². The van der Waals surface area contributed by atoms with E-state index >= 15 is 0 Å². The van der Waals surface area contributed by atoms with Crippen LogP contribution in [-0.4, -0.2) is 14.7 Å². The van der Waals surface area contributed by atoms with Crippen molar-refractivity contribution in [3.63, 3.8) is 0 Å². The van der Waals surface area contributed by atoms with Gasteiger partial charge in [-0.15, -0.1) is 0 Å². The fraction of sp³-hybridized carbons (Fsp3) is 0.308. The Kier molecular flexibility index (Phi) is 3.89. The summed E-state index contributed by atoms with van der Waals surface area (Å²) in [6, 6.07) is 5.12. The summed E-state index contributed by atoms with van der Waals surface area (Å²) in [4.78, 5) is 4.24. The first-order valence-electron chi connectivity index (χ1n) is 5.84. The third-order valence-corrected chi connectivity index (χ3v) is 3.16. The number of hydrogen-bond donors (Lipinski definition) is 2. The molecule has 0 spiro atoms. The summed E-state index contributed by atoms with van der Waals surface area (Å²) in [7, 11) is 0. The van der Waals surface area contributed by atoms with E-state index in [4.69, 9.17) is 17.3 Å². The monoisotopic (exact) mass is 265 g/mol. The lowest BCUT2D eigenvalue weighted by molar-refractivity contribution is 0.175. The molecule has 0 aliphatic heterocycles. The number of nitrogen functional groups attached to an aromatic ring is 1. The number of rotatable bonds is 4. The maximum atomic E-state index is 10.2. The number of aliphatic hydroxyl groups is 1. The minimum absolute atomic E-state index is 0.437. The van der Waals surface area contributed by atoms with E-state index in [1.54, 1.807) is 24.4 Å². The van der Waals surface area contributed by atoms with Crippen LogP contribution in [0.5, 0.6) is 0 Å². The van der Waals surface area contributed by atoms with Crippen molar-refractivity contribution in [3.8, 4) is 0 Å². The quantitative estimate of drug-likeness (QED) is 0.835. The van der Waals surface area contributed by atoms with E-state index in [-0.39, 0.29) is 0 Å². The molecule has 1 aromatic carbocycles. The Bertz CT molecular complexity index is 539. The summed E-state index contributed by atoms with van der Waals surface area (Å²) in [5.41, 5.74) is 7.04. The van der Waals surface area contributed by atoms with E-state index in [1.165, 1.54) is 0 Å². The van der Waals surface area contributed by atoms with Gasteiger partial charge in [-0.05, 0) is 19.1 Å². The van der Waals surface area contributed by atoms with Gasteiger partial charge in [-0.2, -0.15) is 0 Å². The molecule has 0 bridgehead atoms. The van der Waals surface area contributed by atoms with E-state index in [0.717, 1.165) is 12.4 Å². The predicted octanol–water partition coefficient (Wildman–Crippen LogP) is 2.41. The van der Waals surface area contributed by atoms with Gasteiger partial charge in [0, 0.05) is 41.6 Å². The van der Waals surface area contributed by atoms with Gasteiger partial charge in [0.2, 0.25) is 0 Å². The highest BCUT2D eigenvalue weighted by molar-refractivity contribution is 6.30. The number of imidazole rings is 1. The topological polar surface area (TPSA) is 64.1 Å². The molecule has 18 heavy (non-hydrogen) atoms. The van der Waals surface area contributed by atoms with Crippen molar-refractivity contribution in [1.29, 1.82) is 0 Å². The van der Waals surface area contributed by atoms with E-state index in [0.29, 0.717) is 22.7 Å². The van der Waals surface area contributed by atoms with Gasteiger partial charge in [-0.25, -0.2) is 4.98 Å². The lowest BCUT2D eigenvalue weighted by atomic mass is 10.0. The Hall–Kier alpha value is -1.52. The molecule has 0 amide bonds. The summed E-state index contributed by atoms with van der Waals surface area (Å²) in [5.74, 6) is 0.847. The molecule has 0 fully saturated rings. The van der Waals surface area contributed by atoms with Gasteiger partial charge in [0.15, 0.2) is 0 Å². The minimum atomic E-state index is -0.671. The number of aliphatic hydroxyl groups excluding tert-OH is 1. The second kappa shape index (κ2) is 5.42. The number of benzene rings is 1. The van der Waals surface area contributed by atoms with Crippen LogP contribution in [-0.2, 0) is 13.0 Å². The molecule has 3 N–H and O–H groups in total. The molecule has 1 aromatic heterocycles. The van der Waals surface area contributed by atoms with Gasteiger partial charge in [-0.3, -0.25) is 0 Å². The van der Waals surface area contributed by atoms with Crippen molar-refractivity contribution < 1.29 is 5.11 Å². The molecule has 0 aliphatic rings. The molecular weight excluding hydrogens is 250 g/mol. The highest BCUT2D eigenvalue weighted by atomic mass is 35.5. The summed E-state index contributed by atoms with van der Waals surface area (Å²) < 4.78 is 2.00. The lowest BCUT2D eigenvalue weighted by Crippen LogP contribution is -2.09. The van der Waals surface area contributed by atoms with Crippen molar-refractivity contribution in [2.75, 3.05) is 5.73 Å². The van der Waals surface area contributed by atoms with Crippen molar-refractivity contribution in [3.05, 3.63) is 47.0 Å². The average Bonchev–Trinajstić information content (AvgIpc) is 2.76. The maximum absolute atomic E-state index is 10.2. The highest BCUT2D eigenvalue weighted by Gasteiger charge is 2.14. The van der Waals surface area contributed by atoms with Gasteiger partial charge in [0.25, 0.3) is 0 Å².